The van der Waals surface area contributed by atoms with Crippen LogP contribution in [0.25, 0.3) is 0 Å². The number of aromatic carboxylic acids is 1. The largest absolute Gasteiger partial charge is 0.478 e. The molecule has 12 heavy (non-hydrogen) atoms. The predicted octanol–water partition coefficient (Wildman–Crippen LogP) is 2.83. The minimum Gasteiger partial charge on any atom is -0.478 e. The van der Waals surface area contributed by atoms with Crippen molar-refractivity contribution in [2.24, 2.45) is 0 Å². The summed E-state index contributed by atoms with van der Waals surface area (Å²) in [4.78, 5) is 10.4. The Labute approximate surface area is 77.5 Å². The van der Waals surface area contributed by atoms with E-state index in [4.69, 9.17) is 28.3 Å². The minimum absolute atomic E-state index is 0.0236. The molecule has 0 unspecified atom stereocenters. The summed E-state index contributed by atoms with van der Waals surface area (Å²) in [5.41, 5.74) is -0.593. The van der Waals surface area contributed by atoms with Gasteiger partial charge in [0.15, 0.2) is 0 Å². The number of hydrogen-bond acceptors (Lipinski definition) is 1. The van der Waals surface area contributed by atoms with Gasteiger partial charge in [0.05, 0.1) is 10.0 Å². The van der Waals surface area contributed by atoms with Crippen molar-refractivity contribution in [2.75, 3.05) is 0 Å². The number of benzene rings is 1. The fraction of sp³-hybridized carbons (Fsp3) is 0. The second-order valence-corrected chi connectivity index (χ2v) is 2.81. The van der Waals surface area contributed by atoms with Gasteiger partial charge in [0.1, 0.15) is 11.4 Å². The highest BCUT2D eigenvalue weighted by Crippen LogP contribution is 2.27. The van der Waals surface area contributed by atoms with Crippen LogP contribution in [-0.4, -0.2) is 11.1 Å². The summed E-state index contributed by atoms with van der Waals surface area (Å²) in [6, 6.07) is 2.16. The van der Waals surface area contributed by atoms with Crippen molar-refractivity contribution in [1.82, 2.24) is 0 Å². The molecule has 0 atom stereocenters. The maximum atomic E-state index is 12.8. The molecule has 0 heterocycles. The molecule has 0 spiro atoms. The van der Waals surface area contributed by atoms with Crippen LogP contribution in [0.5, 0.6) is 0 Å². The Morgan fingerprint density at radius 1 is 1.42 bits per heavy atom. The summed E-state index contributed by atoms with van der Waals surface area (Å²) in [6.45, 7) is 0. The lowest BCUT2D eigenvalue weighted by Crippen LogP contribution is -2.01. The fourth-order valence-electron chi connectivity index (χ4n) is 0.723. The predicted molar refractivity (Wildman–Crippen MR) is 43.4 cm³/mol. The number of rotatable bonds is 1. The molecule has 0 saturated carbocycles. The summed E-state index contributed by atoms with van der Waals surface area (Å²) in [5, 5.41) is 8.24. The van der Waals surface area contributed by atoms with Crippen molar-refractivity contribution < 1.29 is 14.3 Å². The van der Waals surface area contributed by atoms with Gasteiger partial charge in [0.25, 0.3) is 0 Å². The molecule has 1 aromatic carbocycles. The van der Waals surface area contributed by atoms with E-state index in [-0.39, 0.29) is 10.0 Å². The van der Waals surface area contributed by atoms with Gasteiger partial charge in [-0.2, -0.15) is 0 Å². The number of carboxylic acids is 1. The number of halogens is 3. The Kier molecular flexibility index (Phi) is 2.55. The minimum atomic E-state index is -1.43. The highest BCUT2D eigenvalue weighted by molar-refractivity contribution is 6.43. The topological polar surface area (TPSA) is 37.3 Å². The van der Waals surface area contributed by atoms with Crippen LogP contribution in [0.4, 0.5) is 4.39 Å². The molecule has 1 rings (SSSR count). The van der Waals surface area contributed by atoms with E-state index in [1.807, 2.05) is 0 Å². The van der Waals surface area contributed by atoms with Gasteiger partial charge in [0.2, 0.25) is 0 Å². The molecule has 64 valence electrons. The molecular weight excluding hydrogens is 206 g/mol. The van der Waals surface area contributed by atoms with Gasteiger partial charge in [-0.3, -0.25) is 0 Å². The Balaban J connectivity index is 3.43. The van der Waals surface area contributed by atoms with E-state index in [0.717, 1.165) is 6.07 Å². The van der Waals surface area contributed by atoms with Gasteiger partial charge in [-0.25, -0.2) is 9.18 Å². The quantitative estimate of drug-likeness (QED) is 0.722. The van der Waals surface area contributed by atoms with Gasteiger partial charge in [-0.05, 0) is 12.1 Å². The van der Waals surface area contributed by atoms with E-state index in [0.29, 0.717) is 0 Å². The van der Waals surface area contributed by atoms with Crippen LogP contribution >= 0.6 is 23.2 Å². The summed E-state index contributed by atoms with van der Waals surface area (Å²) in [6.07, 6.45) is 0. The third kappa shape index (κ3) is 1.52. The zero-order chi connectivity index (χ0) is 9.30. The first kappa shape index (κ1) is 9.29. The fourth-order valence-corrected chi connectivity index (χ4v) is 1.11. The van der Waals surface area contributed by atoms with Gasteiger partial charge in [-0.1, -0.05) is 23.2 Å². The molecule has 1 aromatic rings. The molecule has 0 bridgehead atoms. The molecule has 0 saturated heterocycles. The first-order chi connectivity index (χ1) is 5.54. The van der Waals surface area contributed by atoms with Crippen molar-refractivity contribution >= 4 is 29.2 Å². The number of hydrogen-bond donors (Lipinski definition) is 1. The van der Waals surface area contributed by atoms with E-state index >= 15 is 0 Å². The Bertz CT molecular complexity index is 338. The van der Waals surface area contributed by atoms with E-state index in [9.17, 15) is 9.18 Å². The molecule has 0 amide bonds. The van der Waals surface area contributed by atoms with E-state index in [1.54, 1.807) is 0 Å². The Morgan fingerprint density at radius 3 is 2.42 bits per heavy atom. The molecule has 0 fully saturated rings. The van der Waals surface area contributed by atoms with Crippen LogP contribution in [0.1, 0.15) is 10.4 Å². The van der Waals surface area contributed by atoms with Crippen LogP contribution in [0, 0.1) is 5.82 Å². The van der Waals surface area contributed by atoms with Gasteiger partial charge >= 0.3 is 5.97 Å². The second-order valence-electron chi connectivity index (χ2n) is 2.02. The molecule has 0 aromatic heterocycles. The normalized spacial score (nSPS) is 9.92. The van der Waals surface area contributed by atoms with E-state index in [2.05, 4.69) is 0 Å². The third-order valence-electron chi connectivity index (χ3n) is 1.26. The van der Waals surface area contributed by atoms with Crippen LogP contribution in [0.2, 0.25) is 10.0 Å². The molecule has 0 radical (unpaired) electrons. The van der Waals surface area contributed by atoms with Crippen molar-refractivity contribution in [1.29, 1.82) is 0 Å². The average molecular weight is 209 g/mol. The van der Waals surface area contributed by atoms with Crippen LogP contribution in [-0.2, 0) is 0 Å². The molecule has 2 nitrogen and oxygen atoms in total. The highest BCUT2D eigenvalue weighted by Gasteiger charge is 2.16. The lowest BCUT2D eigenvalue weighted by Gasteiger charge is -2.01. The van der Waals surface area contributed by atoms with Crippen molar-refractivity contribution in [3.63, 3.8) is 0 Å². The lowest BCUT2D eigenvalue weighted by molar-refractivity contribution is 0.0692. The summed E-state index contributed by atoms with van der Waals surface area (Å²) < 4.78 is 12.8. The molecule has 0 aliphatic heterocycles. The van der Waals surface area contributed by atoms with Gasteiger partial charge in [0, 0.05) is 0 Å². The number of carboxylic acid groups (broad SMARTS) is 1. The van der Waals surface area contributed by atoms with Crippen LogP contribution in [0.3, 0.4) is 0 Å². The molecular formula is C7H3Cl2FO2. The third-order valence-corrected chi connectivity index (χ3v) is 2.06. The smallest absolute Gasteiger partial charge is 0.340 e. The van der Waals surface area contributed by atoms with Gasteiger partial charge < -0.3 is 5.11 Å². The highest BCUT2D eigenvalue weighted by atomic mass is 35.5. The van der Waals surface area contributed by atoms with Crippen molar-refractivity contribution in [2.45, 2.75) is 0 Å². The van der Waals surface area contributed by atoms with E-state index < -0.39 is 17.3 Å². The summed E-state index contributed by atoms with van der Waals surface area (Å²) in [5.74, 6) is -2.32. The number of carbonyl (C=O) groups is 1. The monoisotopic (exact) mass is 208 g/mol. The first-order valence-corrected chi connectivity index (χ1v) is 3.66. The Hall–Kier alpha value is -0.800. The van der Waals surface area contributed by atoms with Crippen molar-refractivity contribution in [3.05, 3.63) is 33.6 Å². The average Bonchev–Trinajstić information content (AvgIpc) is 1.97. The maximum Gasteiger partial charge on any atom is 0.340 e. The molecule has 5 heteroatoms. The second kappa shape index (κ2) is 3.29. The van der Waals surface area contributed by atoms with E-state index in [1.165, 1.54) is 6.07 Å². The summed E-state index contributed by atoms with van der Waals surface area (Å²) in [7, 11) is 0. The Morgan fingerprint density at radius 2 is 2.00 bits per heavy atom. The standard InChI is InChI=1S/C7H3Cl2FO2/c8-3-1-2-4(10)5(6(3)9)7(11)12/h1-2H,(H,11,12). The van der Waals surface area contributed by atoms with Gasteiger partial charge in [-0.15, -0.1) is 0 Å². The zero-order valence-corrected chi connectivity index (χ0v) is 7.16. The maximum absolute atomic E-state index is 12.8. The summed E-state index contributed by atoms with van der Waals surface area (Å²) >= 11 is 10.9. The van der Waals surface area contributed by atoms with Crippen LogP contribution < -0.4 is 0 Å². The molecule has 1 N–H and O–H groups in total. The SMILES string of the molecule is O=C(O)c1c(F)ccc(Cl)c1Cl. The van der Waals surface area contributed by atoms with Crippen LogP contribution in [0.15, 0.2) is 12.1 Å². The molecule has 0 aliphatic carbocycles. The first-order valence-electron chi connectivity index (χ1n) is 2.91. The molecule has 0 aliphatic rings. The lowest BCUT2D eigenvalue weighted by atomic mass is 10.2. The zero-order valence-electron chi connectivity index (χ0n) is 5.64. The van der Waals surface area contributed by atoms with Crippen molar-refractivity contribution in [3.8, 4) is 0 Å².